The Hall–Kier alpha value is -3.61. The predicted octanol–water partition coefficient (Wildman–Crippen LogP) is 3.84. The zero-order valence-corrected chi connectivity index (χ0v) is 15.5. The molecule has 7 nitrogen and oxygen atoms in total. The summed E-state index contributed by atoms with van der Waals surface area (Å²) < 4.78 is 12.1. The molecule has 28 heavy (non-hydrogen) atoms. The summed E-state index contributed by atoms with van der Waals surface area (Å²) in [6.07, 6.45) is 0.773. The van der Waals surface area contributed by atoms with Gasteiger partial charge in [-0.3, -0.25) is 4.79 Å². The molecule has 4 aromatic rings. The summed E-state index contributed by atoms with van der Waals surface area (Å²) in [6, 6.07) is 14.4. The van der Waals surface area contributed by atoms with Crippen molar-refractivity contribution in [2.75, 3.05) is 7.11 Å². The van der Waals surface area contributed by atoms with Gasteiger partial charge in [-0.05, 0) is 42.8 Å². The fraction of sp³-hybridized carbons (Fsp3) is 0.190. The van der Waals surface area contributed by atoms with Crippen LogP contribution in [-0.4, -0.2) is 26.9 Å². The van der Waals surface area contributed by atoms with E-state index in [1.807, 2.05) is 25.1 Å². The largest absolute Gasteiger partial charge is 0.506 e. The van der Waals surface area contributed by atoms with E-state index in [0.29, 0.717) is 34.6 Å². The van der Waals surface area contributed by atoms with E-state index in [0.717, 1.165) is 6.42 Å². The highest BCUT2D eigenvalue weighted by molar-refractivity contribution is 5.91. The van der Waals surface area contributed by atoms with Gasteiger partial charge in [-0.25, -0.2) is 0 Å². The van der Waals surface area contributed by atoms with Crippen LogP contribution in [0, 0.1) is 0 Å². The van der Waals surface area contributed by atoms with Crippen molar-refractivity contribution in [3.8, 4) is 34.3 Å². The van der Waals surface area contributed by atoms with E-state index in [1.54, 1.807) is 42.0 Å². The number of hydrogen-bond acceptors (Lipinski definition) is 6. The molecule has 4 rings (SSSR count). The van der Waals surface area contributed by atoms with Crippen LogP contribution in [0.4, 0.5) is 0 Å². The maximum absolute atomic E-state index is 13.1. The summed E-state index contributed by atoms with van der Waals surface area (Å²) in [6.45, 7) is 2.51. The van der Waals surface area contributed by atoms with Crippen molar-refractivity contribution in [3.63, 3.8) is 0 Å². The number of fused-ring (bicyclic) bond motifs is 1. The third kappa shape index (κ3) is 2.90. The zero-order chi connectivity index (χ0) is 19.7. The minimum atomic E-state index is -0.358. The Morgan fingerprint density at radius 2 is 1.89 bits per heavy atom. The first kappa shape index (κ1) is 17.8. The first-order chi connectivity index (χ1) is 13.6. The van der Waals surface area contributed by atoms with Gasteiger partial charge >= 0.3 is 0 Å². The average molecular weight is 377 g/mol. The number of aromatic nitrogens is 3. The molecule has 0 radical (unpaired) electrons. The SMILES string of the molecule is CCCn1c(=O)c(-c2nc(-c3ccc(OC)cc3)no2)c(O)c2ccccc21. The molecular weight excluding hydrogens is 358 g/mol. The Balaban J connectivity index is 1.87. The molecule has 0 fully saturated rings. The Kier molecular flexibility index (Phi) is 4.57. The number of pyridine rings is 1. The van der Waals surface area contributed by atoms with Crippen LogP contribution >= 0.6 is 0 Å². The topological polar surface area (TPSA) is 90.4 Å². The van der Waals surface area contributed by atoms with Crippen LogP contribution in [0.5, 0.6) is 11.5 Å². The van der Waals surface area contributed by atoms with Crippen molar-refractivity contribution < 1.29 is 14.4 Å². The molecule has 0 saturated carbocycles. The minimum absolute atomic E-state index is 0.0103. The molecule has 0 spiro atoms. The van der Waals surface area contributed by atoms with Gasteiger partial charge < -0.3 is 18.9 Å². The highest BCUT2D eigenvalue weighted by Gasteiger charge is 2.22. The van der Waals surface area contributed by atoms with Gasteiger partial charge in [0, 0.05) is 17.5 Å². The molecule has 0 unspecified atom stereocenters. The molecule has 0 aliphatic rings. The second kappa shape index (κ2) is 7.19. The molecule has 0 bridgehead atoms. The third-order valence-electron chi connectivity index (χ3n) is 4.58. The molecule has 2 heterocycles. The molecule has 0 atom stereocenters. The van der Waals surface area contributed by atoms with Crippen LogP contribution in [0.1, 0.15) is 13.3 Å². The normalized spacial score (nSPS) is 11.1. The first-order valence-corrected chi connectivity index (χ1v) is 8.97. The fourth-order valence-corrected chi connectivity index (χ4v) is 3.21. The van der Waals surface area contributed by atoms with Gasteiger partial charge in [0.1, 0.15) is 17.1 Å². The van der Waals surface area contributed by atoms with E-state index in [4.69, 9.17) is 9.26 Å². The van der Waals surface area contributed by atoms with E-state index >= 15 is 0 Å². The van der Waals surface area contributed by atoms with Crippen LogP contribution in [0.25, 0.3) is 33.7 Å². The van der Waals surface area contributed by atoms with Gasteiger partial charge in [0.05, 0.1) is 12.6 Å². The molecule has 7 heteroatoms. The summed E-state index contributed by atoms with van der Waals surface area (Å²) in [5, 5.41) is 15.3. The molecule has 0 aliphatic heterocycles. The van der Waals surface area contributed by atoms with Crippen LogP contribution in [-0.2, 0) is 6.54 Å². The summed E-state index contributed by atoms with van der Waals surface area (Å²) in [5.41, 5.74) is 1.04. The molecule has 0 amide bonds. The maximum atomic E-state index is 13.1. The molecule has 0 aliphatic carbocycles. The Morgan fingerprint density at radius 1 is 1.14 bits per heavy atom. The molecular formula is C21H19N3O4. The first-order valence-electron chi connectivity index (χ1n) is 8.97. The Labute approximate surface area is 160 Å². The summed E-state index contributed by atoms with van der Waals surface area (Å²) in [5.74, 6) is 0.871. The lowest BCUT2D eigenvalue weighted by Gasteiger charge is -2.12. The van der Waals surface area contributed by atoms with Gasteiger partial charge in [-0.2, -0.15) is 4.98 Å². The third-order valence-corrected chi connectivity index (χ3v) is 4.58. The molecule has 0 saturated heterocycles. The van der Waals surface area contributed by atoms with Crippen LogP contribution in [0.2, 0.25) is 0 Å². The number of para-hydroxylation sites is 1. The molecule has 2 aromatic carbocycles. The fourth-order valence-electron chi connectivity index (χ4n) is 3.21. The molecule has 2 aromatic heterocycles. The second-order valence-electron chi connectivity index (χ2n) is 6.35. The lowest BCUT2D eigenvalue weighted by atomic mass is 10.1. The number of nitrogens with zero attached hydrogens (tertiary/aromatic N) is 3. The van der Waals surface area contributed by atoms with Gasteiger partial charge in [0.25, 0.3) is 11.4 Å². The summed E-state index contributed by atoms with van der Waals surface area (Å²) in [4.78, 5) is 17.4. The lowest BCUT2D eigenvalue weighted by Crippen LogP contribution is -2.22. The average Bonchev–Trinajstić information content (AvgIpc) is 3.21. The summed E-state index contributed by atoms with van der Waals surface area (Å²) in [7, 11) is 1.59. The van der Waals surface area contributed by atoms with Gasteiger partial charge in [-0.15, -0.1) is 0 Å². The van der Waals surface area contributed by atoms with E-state index in [-0.39, 0.29) is 22.8 Å². The van der Waals surface area contributed by atoms with E-state index in [2.05, 4.69) is 10.1 Å². The molecule has 1 N–H and O–H groups in total. The van der Waals surface area contributed by atoms with Crippen molar-refractivity contribution in [1.82, 2.24) is 14.7 Å². The predicted molar refractivity (Wildman–Crippen MR) is 105 cm³/mol. The van der Waals surface area contributed by atoms with Crippen molar-refractivity contribution in [3.05, 3.63) is 58.9 Å². The Bertz CT molecular complexity index is 1190. The quantitative estimate of drug-likeness (QED) is 0.568. The zero-order valence-electron chi connectivity index (χ0n) is 15.5. The van der Waals surface area contributed by atoms with E-state index < -0.39 is 0 Å². The Morgan fingerprint density at radius 3 is 2.61 bits per heavy atom. The number of methoxy groups -OCH3 is 1. The smallest absolute Gasteiger partial charge is 0.267 e. The van der Waals surface area contributed by atoms with Crippen LogP contribution in [0.3, 0.4) is 0 Å². The molecule has 142 valence electrons. The lowest BCUT2D eigenvalue weighted by molar-refractivity contribution is 0.414. The van der Waals surface area contributed by atoms with E-state index in [1.165, 1.54) is 0 Å². The second-order valence-corrected chi connectivity index (χ2v) is 6.35. The number of ether oxygens (including phenoxy) is 1. The highest BCUT2D eigenvalue weighted by Crippen LogP contribution is 2.33. The number of benzene rings is 2. The van der Waals surface area contributed by atoms with Crippen molar-refractivity contribution in [1.29, 1.82) is 0 Å². The monoisotopic (exact) mass is 377 g/mol. The number of hydrogen-bond donors (Lipinski definition) is 1. The van der Waals surface area contributed by atoms with Crippen molar-refractivity contribution >= 4 is 10.9 Å². The van der Waals surface area contributed by atoms with Crippen molar-refractivity contribution in [2.24, 2.45) is 0 Å². The van der Waals surface area contributed by atoms with Gasteiger partial charge in [-0.1, -0.05) is 24.2 Å². The summed E-state index contributed by atoms with van der Waals surface area (Å²) >= 11 is 0. The minimum Gasteiger partial charge on any atom is -0.506 e. The van der Waals surface area contributed by atoms with E-state index in [9.17, 15) is 9.90 Å². The number of aromatic hydroxyl groups is 1. The van der Waals surface area contributed by atoms with Gasteiger partial charge in [0.2, 0.25) is 5.82 Å². The van der Waals surface area contributed by atoms with Crippen molar-refractivity contribution in [2.45, 2.75) is 19.9 Å². The van der Waals surface area contributed by atoms with Gasteiger partial charge in [0.15, 0.2) is 0 Å². The van der Waals surface area contributed by atoms with Crippen LogP contribution in [0.15, 0.2) is 57.8 Å². The number of aryl methyl sites for hydroxylation is 1. The number of rotatable bonds is 5. The maximum Gasteiger partial charge on any atom is 0.267 e. The highest BCUT2D eigenvalue weighted by atomic mass is 16.5. The standard InChI is InChI=1S/C21H19N3O4/c1-3-12-24-16-7-5-4-6-15(16)18(25)17(21(24)26)20-22-19(23-28-20)13-8-10-14(27-2)11-9-13/h4-11,25H,3,12H2,1-2H3. The van der Waals surface area contributed by atoms with Crippen LogP contribution < -0.4 is 10.3 Å².